The number of benzene rings is 2. The molecule has 2 aliphatic rings. The van der Waals surface area contributed by atoms with Gasteiger partial charge in [0.15, 0.2) is 0 Å². The number of alkyl halides is 3. The van der Waals surface area contributed by atoms with E-state index in [1.165, 1.54) is 23.1 Å². The van der Waals surface area contributed by atoms with E-state index < -0.39 is 35.6 Å². The maximum atomic E-state index is 15.3. The largest absolute Gasteiger partial charge is 0.416 e. The van der Waals surface area contributed by atoms with E-state index in [-0.39, 0.29) is 36.0 Å². The molecule has 0 saturated carbocycles. The van der Waals surface area contributed by atoms with Gasteiger partial charge in [0, 0.05) is 31.5 Å². The fraction of sp³-hybridized carbons (Fsp3) is 0.320. The molecular weight excluding hydrogens is 478 g/mol. The lowest BCUT2D eigenvalue weighted by Crippen LogP contribution is -2.50. The normalized spacial score (nSPS) is 21.7. The third kappa shape index (κ3) is 3.33. The highest BCUT2D eigenvalue weighted by Gasteiger charge is 2.45. The number of aromatic nitrogens is 3. The number of nitrogens with two attached hydrogens (primary N) is 1. The molecule has 11 heteroatoms. The molecule has 3 heterocycles. The standard InChI is InChI=1S/C25H21F4N5O2/c1-11-10-34(22-14-4-3-13(25(27,28)29)5-12(14)6-20(22)36-11)24(35)15-7-16-19(8-18(15)26)32-23(30)17-9-31-33(2)21(16)17/h3-5,7-9,11,20,22H,6,10H2,1-2H3,(H2,30,32)/t11-,20+,22-/m0/s1. The maximum absolute atomic E-state index is 15.3. The van der Waals surface area contributed by atoms with Crippen molar-refractivity contribution in [2.45, 2.75) is 37.8 Å². The van der Waals surface area contributed by atoms with E-state index in [1.54, 1.807) is 24.9 Å². The van der Waals surface area contributed by atoms with Gasteiger partial charge >= 0.3 is 6.18 Å². The maximum Gasteiger partial charge on any atom is 0.416 e. The van der Waals surface area contributed by atoms with Crippen LogP contribution in [0.1, 0.15) is 40.0 Å². The third-order valence-electron chi connectivity index (χ3n) is 7.05. The number of halogens is 4. The van der Waals surface area contributed by atoms with E-state index in [2.05, 4.69) is 10.1 Å². The van der Waals surface area contributed by atoms with Crippen LogP contribution in [0.25, 0.3) is 21.8 Å². The Kier molecular flexibility index (Phi) is 4.82. The zero-order chi connectivity index (χ0) is 25.5. The van der Waals surface area contributed by atoms with Crippen molar-refractivity contribution in [1.29, 1.82) is 0 Å². The zero-order valence-electron chi connectivity index (χ0n) is 19.3. The molecule has 0 unspecified atom stereocenters. The summed E-state index contributed by atoms with van der Waals surface area (Å²) in [4.78, 5) is 19.6. The number of morpholine rings is 1. The summed E-state index contributed by atoms with van der Waals surface area (Å²) >= 11 is 0. The van der Waals surface area contributed by atoms with Gasteiger partial charge in [-0.3, -0.25) is 9.48 Å². The molecule has 7 nitrogen and oxygen atoms in total. The molecule has 2 aromatic carbocycles. The Morgan fingerprint density at radius 3 is 2.72 bits per heavy atom. The van der Waals surface area contributed by atoms with E-state index in [9.17, 15) is 18.0 Å². The van der Waals surface area contributed by atoms with Crippen molar-refractivity contribution in [2.24, 2.45) is 7.05 Å². The number of anilines is 1. The predicted octanol–water partition coefficient (Wildman–Crippen LogP) is 4.39. The van der Waals surface area contributed by atoms with Gasteiger partial charge in [-0.05, 0) is 36.2 Å². The molecule has 2 N–H and O–H groups in total. The first kappa shape index (κ1) is 22.7. The molecule has 0 spiro atoms. The molecule has 1 fully saturated rings. The zero-order valence-corrected chi connectivity index (χ0v) is 19.3. The molecule has 1 aliphatic heterocycles. The molecule has 4 aromatic rings. The second-order valence-corrected chi connectivity index (χ2v) is 9.38. The summed E-state index contributed by atoms with van der Waals surface area (Å²) in [5.74, 6) is -1.13. The van der Waals surface area contributed by atoms with E-state index >= 15 is 4.39 Å². The van der Waals surface area contributed by atoms with Crippen molar-refractivity contribution >= 4 is 33.5 Å². The number of hydrogen-bond acceptors (Lipinski definition) is 5. The SMILES string of the molecule is C[C@H]1CN(C(=O)c2cc3c(cc2F)nc(N)c2cnn(C)c23)[C@H]2c3ccc(C(F)(F)F)cc3C[C@H]2O1. The van der Waals surface area contributed by atoms with Gasteiger partial charge in [-0.25, -0.2) is 9.37 Å². The minimum atomic E-state index is -4.48. The monoisotopic (exact) mass is 499 g/mol. The lowest BCUT2D eigenvalue weighted by Gasteiger charge is -2.41. The van der Waals surface area contributed by atoms with Crippen LogP contribution < -0.4 is 5.73 Å². The van der Waals surface area contributed by atoms with Gasteiger partial charge in [0.1, 0.15) is 11.6 Å². The Morgan fingerprint density at radius 2 is 1.97 bits per heavy atom. The van der Waals surface area contributed by atoms with Crippen molar-refractivity contribution < 1.29 is 27.1 Å². The van der Waals surface area contributed by atoms with Crippen molar-refractivity contribution in [1.82, 2.24) is 19.7 Å². The first-order valence-electron chi connectivity index (χ1n) is 11.4. The van der Waals surface area contributed by atoms with Crippen LogP contribution in [0.15, 0.2) is 36.5 Å². The second-order valence-electron chi connectivity index (χ2n) is 9.38. The summed E-state index contributed by atoms with van der Waals surface area (Å²) < 4.78 is 62.7. The smallest absolute Gasteiger partial charge is 0.383 e. The van der Waals surface area contributed by atoms with Crippen LogP contribution in [0.4, 0.5) is 23.4 Å². The number of nitrogens with zero attached hydrogens (tertiary/aromatic N) is 4. The number of nitrogen functional groups attached to an aromatic ring is 1. The van der Waals surface area contributed by atoms with Crippen molar-refractivity contribution in [3.8, 4) is 0 Å². The molecule has 1 amide bonds. The van der Waals surface area contributed by atoms with Gasteiger partial charge in [0.05, 0.1) is 52.0 Å². The van der Waals surface area contributed by atoms with Crippen molar-refractivity contribution in [3.63, 3.8) is 0 Å². The second kappa shape index (κ2) is 7.63. The molecule has 0 radical (unpaired) electrons. The number of carbonyl (C=O) groups excluding carboxylic acids is 1. The number of fused-ring (bicyclic) bond motifs is 6. The summed E-state index contributed by atoms with van der Waals surface area (Å²) in [6.45, 7) is 1.95. The number of aryl methyl sites for hydroxylation is 1. The highest BCUT2D eigenvalue weighted by molar-refractivity contribution is 6.10. The van der Waals surface area contributed by atoms with Gasteiger partial charge in [0.2, 0.25) is 0 Å². The summed E-state index contributed by atoms with van der Waals surface area (Å²) in [5, 5.41) is 5.31. The summed E-state index contributed by atoms with van der Waals surface area (Å²) in [6.07, 6.45) is -3.59. The highest BCUT2D eigenvalue weighted by Crippen LogP contribution is 2.44. The molecular formula is C25H21F4N5O2. The van der Waals surface area contributed by atoms with Crippen molar-refractivity contribution in [3.05, 3.63) is 64.6 Å². The first-order valence-corrected chi connectivity index (χ1v) is 11.4. The van der Waals surface area contributed by atoms with Gasteiger partial charge in [-0.15, -0.1) is 0 Å². The van der Waals surface area contributed by atoms with E-state index in [0.717, 1.165) is 12.1 Å². The Balaban J connectivity index is 1.46. The minimum Gasteiger partial charge on any atom is -0.383 e. The molecule has 186 valence electrons. The fourth-order valence-electron chi connectivity index (χ4n) is 5.51. The average Bonchev–Trinajstić information content (AvgIpc) is 3.37. The van der Waals surface area contributed by atoms with Gasteiger partial charge in [0.25, 0.3) is 5.91 Å². The first-order chi connectivity index (χ1) is 17.0. The Morgan fingerprint density at radius 1 is 1.19 bits per heavy atom. The quantitative estimate of drug-likeness (QED) is 0.393. The Bertz CT molecular complexity index is 1560. The number of pyridine rings is 1. The lowest BCUT2D eigenvalue weighted by atomic mass is 10.00. The molecule has 1 aliphatic carbocycles. The van der Waals surface area contributed by atoms with Crippen LogP contribution in [0, 0.1) is 5.82 Å². The van der Waals surface area contributed by atoms with E-state index in [4.69, 9.17) is 10.5 Å². The van der Waals surface area contributed by atoms with E-state index in [0.29, 0.717) is 27.4 Å². The molecule has 36 heavy (non-hydrogen) atoms. The minimum absolute atomic E-state index is 0.162. The van der Waals surface area contributed by atoms with Crippen LogP contribution in [-0.2, 0) is 24.4 Å². The molecule has 1 saturated heterocycles. The fourth-order valence-corrected chi connectivity index (χ4v) is 5.51. The lowest BCUT2D eigenvalue weighted by molar-refractivity contribution is -0.137. The van der Waals surface area contributed by atoms with Crippen LogP contribution in [-0.4, -0.2) is 44.3 Å². The molecule has 6 rings (SSSR count). The van der Waals surface area contributed by atoms with Crippen molar-refractivity contribution in [2.75, 3.05) is 12.3 Å². The van der Waals surface area contributed by atoms with Gasteiger partial charge in [-0.2, -0.15) is 18.3 Å². The summed E-state index contributed by atoms with van der Waals surface area (Å²) in [5.41, 5.74) is 7.06. The topological polar surface area (TPSA) is 86.3 Å². The van der Waals surface area contributed by atoms with Crippen LogP contribution in [0.2, 0.25) is 0 Å². The van der Waals surface area contributed by atoms with E-state index in [1.807, 2.05) is 0 Å². The summed E-state index contributed by atoms with van der Waals surface area (Å²) in [7, 11) is 1.71. The number of amides is 1. The number of ether oxygens (including phenoxy) is 1. The predicted molar refractivity (Wildman–Crippen MR) is 124 cm³/mol. The van der Waals surface area contributed by atoms with Crippen LogP contribution >= 0.6 is 0 Å². The van der Waals surface area contributed by atoms with Gasteiger partial charge < -0.3 is 15.4 Å². The van der Waals surface area contributed by atoms with Crippen LogP contribution in [0.3, 0.4) is 0 Å². The molecule has 3 atom stereocenters. The molecule has 0 bridgehead atoms. The average molecular weight is 499 g/mol. The van der Waals surface area contributed by atoms with Crippen LogP contribution in [0.5, 0.6) is 0 Å². The number of rotatable bonds is 1. The highest BCUT2D eigenvalue weighted by atomic mass is 19.4. The number of hydrogen-bond donors (Lipinski definition) is 1. The number of carbonyl (C=O) groups is 1. The molecule has 2 aromatic heterocycles. The van der Waals surface area contributed by atoms with Gasteiger partial charge in [-0.1, -0.05) is 6.07 Å². The Labute approximate surface area is 202 Å². The summed E-state index contributed by atoms with van der Waals surface area (Å²) in [6, 6.07) is 5.50. The Hall–Kier alpha value is -3.73. The third-order valence-corrected chi connectivity index (χ3v) is 7.05.